The summed E-state index contributed by atoms with van der Waals surface area (Å²) in [4.78, 5) is 8.24. The van der Waals surface area contributed by atoms with Crippen LogP contribution in [-0.4, -0.2) is 26.3 Å². The maximum absolute atomic E-state index is 5.67. The van der Waals surface area contributed by atoms with Crippen molar-refractivity contribution in [2.24, 2.45) is 7.05 Å². The van der Waals surface area contributed by atoms with E-state index in [4.69, 9.17) is 5.73 Å². The third-order valence-corrected chi connectivity index (χ3v) is 2.28. The SMILES string of the molecule is CCCNc1cc(Nc2cnn(C)c2)nc(N)n1. The van der Waals surface area contributed by atoms with Crippen LogP contribution >= 0.6 is 0 Å². The first-order valence-corrected chi connectivity index (χ1v) is 5.81. The fraction of sp³-hybridized carbons (Fsp3) is 0.364. The van der Waals surface area contributed by atoms with Crippen molar-refractivity contribution >= 4 is 23.3 Å². The van der Waals surface area contributed by atoms with Crippen LogP contribution in [0.3, 0.4) is 0 Å². The minimum absolute atomic E-state index is 0.238. The molecule has 0 bridgehead atoms. The Balaban J connectivity index is 2.14. The molecule has 7 nitrogen and oxygen atoms in total. The molecule has 0 saturated carbocycles. The van der Waals surface area contributed by atoms with Crippen LogP contribution in [0.4, 0.5) is 23.3 Å². The third kappa shape index (κ3) is 3.09. The van der Waals surface area contributed by atoms with E-state index in [1.54, 1.807) is 10.9 Å². The van der Waals surface area contributed by atoms with Crippen molar-refractivity contribution in [3.63, 3.8) is 0 Å². The van der Waals surface area contributed by atoms with Gasteiger partial charge in [-0.25, -0.2) is 0 Å². The molecule has 0 aromatic carbocycles. The lowest BCUT2D eigenvalue weighted by Crippen LogP contribution is -2.06. The Hall–Kier alpha value is -2.31. The molecule has 0 aliphatic carbocycles. The standard InChI is InChI=1S/C11H17N7/c1-3-4-13-9-5-10(17-11(12)16-9)15-8-6-14-18(2)7-8/h5-7H,3-4H2,1-2H3,(H4,12,13,15,16,17). The number of hydrogen-bond acceptors (Lipinski definition) is 6. The predicted molar refractivity (Wildman–Crippen MR) is 71.7 cm³/mol. The first-order valence-electron chi connectivity index (χ1n) is 5.81. The molecule has 2 heterocycles. The zero-order chi connectivity index (χ0) is 13.0. The number of nitrogen functional groups attached to an aromatic ring is 1. The summed E-state index contributed by atoms with van der Waals surface area (Å²) in [5, 5.41) is 10.4. The molecule has 0 radical (unpaired) electrons. The normalized spacial score (nSPS) is 10.3. The Labute approximate surface area is 105 Å². The van der Waals surface area contributed by atoms with Crippen LogP contribution in [-0.2, 0) is 7.05 Å². The van der Waals surface area contributed by atoms with Gasteiger partial charge in [-0.1, -0.05) is 6.92 Å². The first-order chi connectivity index (χ1) is 8.67. The van der Waals surface area contributed by atoms with Gasteiger partial charge in [0, 0.05) is 25.9 Å². The van der Waals surface area contributed by atoms with Crippen LogP contribution in [0.25, 0.3) is 0 Å². The molecule has 18 heavy (non-hydrogen) atoms. The van der Waals surface area contributed by atoms with Gasteiger partial charge >= 0.3 is 0 Å². The molecule has 2 aromatic heterocycles. The topological polar surface area (TPSA) is 93.7 Å². The van der Waals surface area contributed by atoms with E-state index >= 15 is 0 Å². The Kier molecular flexibility index (Phi) is 3.61. The Bertz CT molecular complexity index is 520. The second-order valence-electron chi connectivity index (χ2n) is 3.95. The van der Waals surface area contributed by atoms with Gasteiger partial charge in [0.2, 0.25) is 5.95 Å². The van der Waals surface area contributed by atoms with Gasteiger partial charge in [-0.3, -0.25) is 4.68 Å². The highest BCUT2D eigenvalue weighted by molar-refractivity contribution is 5.59. The first kappa shape index (κ1) is 12.2. The lowest BCUT2D eigenvalue weighted by Gasteiger charge is -2.08. The fourth-order valence-corrected chi connectivity index (χ4v) is 1.51. The molecular formula is C11H17N7. The van der Waals surface area contributed by atoms with Crippen LogP contribution in [0.15, 0.2) is 18.5 Å². The predicted octanol–water partition coefficient (Wildman–Crippen LogP) is 1.36. The van der Waals surface area contributed by atoms with Crippen molar-refractivity contribution < 1.29 is 0 Å². The van der Waals surface area contributed by atoms with Gasteiger partial charge in [0.1, 0.15) is 11.6 Å². The quantitative estimate of drug-likeness (QED) is 0.738. The maximum atomic E-state index is 5.67. The number of nitrogens with two attached hydrogens (primary N) is 1. The van der Waals surface area contributed by atoms with E-state index in [2.05, 4.69) is 32.6 Å². The fourth-order valence-electron chi connectivity index (χ4n) is 1.51. The number of rotatable bonds is 5. The Morgan fingerprint density at radius 1 is 1.33 bits per heavy atom. The van der Waals surface area contributed by atoms with Gasteiger partial charge in [-0.05, 0) is 6.42 Å². The van der Waals surface area contributed by atoms with E-state index < -0.39 is 0 Å². The number of nitrogens with zero attached hydrogens (tertiary/aromatic N) is 4. The van der Waals surface area contributed by atoms with Crippen molar-refractivity contribution in [2.45, 2.75) is 13.3 Å². The molecule has 0 atom stereocenters. The zero-order valence-electron chi connectivity index (χ0n) is 10.5. The van der Waals surface area contributed by atoms with Gasteiger partial charge in [0.05, 0.1) is 11.9 Å². The molecule has 0 saturated heterocycles. The summed E-state index contributed by atoms with van der Waals surface area (Å²) in [7, 11) is 1.85. The molecule has 0 aliphatic heterocycles. The number of aromatic nitrogens is 4. The van der Waals surface area contributed by atoms with Crippen molar-refractivity contribution in [3.05, 3.63) is 18.5 Å². The highest BCUT2D eigenvalue weighted by atomic mass is 15.3. The second kappa shape index (κ2) is 5.35. The van der Waals surface area contributed by atoms with Crippen LogP contribution in [0.2, 0.25) is 0 Å². The highest BCUT2D eigenvalue weighted by Gasteiger charge is 2.03. The van der Waals surface area contributed by atoms with Crippen molar-refractivity contribution in [1.29, 1.82) is 0 Å². The van der Waals surface area contributed by atoms with Crippen molar-refractivity contribution in [2.75, 3.05) is 22.9 Å². The number of hydrogen-bond donors (Lipinski definition) is 3. The van der Waals surface area contributed by atoms with Gasteiger partial charge in [0.25, 0.3) is 0 Å². The molecule has 0 spiro atoms. The molecule has 0 aliphatic rings. The average molecular weight is 247 g/mol. The van der Waals surface area contributed by atoms with E-state index in [0.717, 1.165) is 24.5 Å². The maximum Gasteiger partial charge on any atom is 0.223 e. The van der Waals surface area contributed by atoms with E-state index in [0.29, 0.717) is 5.82 Å². The lowest BCUT2D eigenvalue weighted by atomic mass is 10.4. The smallest absolute Gasteiger partial charge is 0.223 e. The molecular weight excluding hydrogens is 230 g/mol. The van der Waals surface area contributed by atoms with E-state index in [1.165, 1.54) is 0 Å². The van der Waals surface area contributed by atoms with Crippen LogP contribution < -0.4 is 16.4 Å². The summed E-state index contributed by atoms with van der Waals surface area (Å²) < 4.78 is 1.71. The van der Waals surface area contributed by atoms with Crippen molar-refractivity contribution in [3.8, 4) is 0 Å². The van der Waals surface area contributed by atoms with Crippen LogP contribution in [0.1, 0.15) is 13.3 Å². The largest absolute Gasteiger partial charge is 0.370 e. The molecule has 2 rings (SSSR count). The second-order valence-corrected chi connectivity index (χ2v) is 3.95. The van der Waals surface area contributed by atoms with Gasteiger partial charge in [-0.2, -0.15) is 15.1 Å². The van der Waals surface area contributed by atoms with E-state index in [1.807, 2.05) is 19.3 Å². The molecule has 4 N–H and O–H groups in total. The molecule has 96 valence electrons. The van der Waals surface area contributed by atoms with Gasteiger partial charge in [-0.15, -0.1) is 0 Å². The monoisotopic (exact) mass is 247 g/mol. The summed E-state index contributed by atoms with van der Waals surface area (Å²) in [6.07, 6.45) is 4.60. The molecule has 2 aromatic rings. The Morgan fingerprint density at radius 3 is 2.78 bits per heavy atom. The minimum Gasteiger partial charge on any atom is -0.370 e. The number of anilines is 4. The summed E-state index contributed by atoms with van der Waals surface area (Å²) in [5.74, 6) is 1.60. The third-order valence-electron chi connectivity index (χ3n) is 2.28. The molecule has 0 amide bonds. The minimum atomic E-state index is 0.238. The zero-order valence-corrected chi connectivity index (χ0v) is 10.5. The van der Waals surface area contributed by atoms with Gasteiger partial charge < -0.3 is 16.4 Å². The summed E-state index contributed by atoms with van der Waals surface area (Å²) in [5.41, 5.74) is 6.53. The summed E-state index contributed by atoms with van der Waals surface area (Å²) >= 11 is 0. The average Bonchev–Trinajstić information content (AvgIpc) is 2.71. The summed E-state index contributed by atoms with van der Waals surface area (Å²) in [6.45, 7) is 2.94. The van der Waals surface area contributed by atoms with Gasteiger partial charge in [0.15, 0.2) is 0 Å². The number of aryl methyl sites for hydroxylation is 1. The molecule has 0 unspecified atom stereocenters. The molecule has 7 heteroatoms. The van der Waals surface area contributed by atoms with E-state index in [9.17, 15) is 0 Å². The van der Waals surface area contributed by atoms with E-state index in [-0.39, 0.29) is 5.95 Å². The molecule has 0 fully saturated rings. The van der Waals surface area contributed by atoms with Crippen molar-refractivity contribution in [1.82, 2.24) is 19.7 Å². The van der Waals surface area contributed by atoms with Crippen LogP contribution in [0.5, 0.6) is 0 Å². The highest BCUT2D eigenvalue weighted by Crippen LogP contribution is 2.17. The summed E-state index contributed by atoms with van der Waals surface area (Å²) in [6, 6.07) is 1.82. The van der Waals surface area contributed by atoms with Crippen LogP contribution in [0, 0.1) is 0 Å². The number of nitrogens with one attached hydrogen (secondary N) is 2. The lowest BCUT2D eigenvalue weighted by molar-refractivity contribution is 0.768. The Morgan fingerprint density at radius 2 is 2.11 bits per heavy atom.